The molecule has 0 aliphatic carbocycles. The van der Waals surface area contributed by atoms with Gasteiger partial charge in [0.2, 0.25) is 0 Å². The van der Waals surface area contributed by atoms with Crippen LogP contribution in [-0.4, -0.2) is 31.2 Å². The highest BCUT2D eigenvalue weighted by Gasteiger charge is 2.26. The number of esters is 1. The molecular weight excluding hydrogens is 342 g/mol. The number of halogens is 1. The zero-order valence-corrected chi connectivity index (χ0v) is 14.6. The number of hydrogen-bond donors (Lipinski definition) is 0. The number of nitrogens with zero attached hydrogens (tertiary/aromatic N) is 1. The molecular formula is C18H22BrNO2. The Morgan fingerprint density at radius 1 is 0.909 bits per heavy atom. The van der Waals surface area contributed by atoms with Crippen LogP contribution in [0.4, 0.5) is 0 Å². The topological polar surface area (TPSA) is 26.3 Å². The van der Waals surface area contributed by atoms with Crippen molar-refractivity contribution in [2.24, 2.45) is 0 Å². The first-order valence-corrected chi connectivity index (χ1v) is 7.09. The van der Waals surface area contributed by atoms with Crippen molar-refractivity contribution in [3.05, 3.63) is 71.8 Å². The SMILES string of the molecule is COC(=O)C[N+](C)(Cc1ccccc1)Cc1ccccc1.[Br-]. The number of carbonyl (C=O) groups excluding carboxylic acids is 1. The van der Waals surface area contributed by atoms with Crippen LogP contribution in [0, 0.1) is 0 Å². The van der Waals surface area contributed by atoms with E-state index in [1.54, 1.807) is 0 Å². The fourth-order valence-electron chi connectivity index (χ4n) is 2.59. The second kappa shape index (κ2) is 8.71. The summed E-state index contributed by atoms with van der Waals surface area (Å²) in [5, 5.41) is 0. The number of ether oxygens (including phenoxy) is 1. The second-order valence-corrected chi connectivity index (χ2v) is 5.64. The molecule has 0 aromatic heterocycles. The first kappa shape index (κ1) is 18.4. The minimum absolute atomic E-state index is 0. The normalized spacial score (nSPS) is 10.6. The number of rotatable bonds is 6. The average molecular weight is 364 g/mol. The Labute approximate surface area is 142 Å². The van der Waals surface area contributed by atoms with Gasteiger partial charge in [0.05, 0.1) is 14.2 Å². The summed E-state index contributed by atoms with van der Waals surface area (Å²) in [5.74, 6) is -0.177. The van der Waals surface area contributed by atoms with E-state index in [0.717, 1.165) is 13.1 Å². The van der Waals surface area contributed by atoms with Crippen LogP contribution in [0.1, 0.15) is 11.1 Å². The Balaban J connectivity index is 0.00000242. The summed E-state index contributed by atoms with van der Waals surface area (Å²) in [6, 6.07) is 20.5. The highest BCUT2D eigenvalue weighted by molar-refractivity contribution is 5.70. The smallest absolute Gasteiger partial charge is 0.361 e. The highest BCUT2D eigenvalue weighted by Crippen LogP contribution is 2.17. The third-order valence-electron chi connectivity index (χ3n) is 3.55. The number of likely N-dealkylation sites (N-methyl/N-ethyl adjacent to an activating group) is 1. The molecule has 2 aromatic carbocycles. The summed E-state index contributed by atoms with van der Waals surface area (Å²) in [6.45, 7) is 1.95. The Kier molecular flexibility index (Phi) is 7.28. The lowest BCUT2D eigenvalue weighted by molar-refractivity contribution is -0.928. The Bertz CT molecular complexity index is 531. The van der Waals surface area contributed by atoms with Crippen LogP contribution in [0.15, 0.2) is 60.7 Å². The molecule has 0 atom stereocenters. The fraction of sp³-hybridized carbons (Fsp3) is 0.278. The van der Waals surface area contributed by atoms with Crippen molar-refractivity contribution in [3.8, 4) is 0 Å². The van der Waals surface area contributed by atoms with Crippen LogP contribution in [0.2, 0.25) is 0 Å². The van der Waals surface area contributed by atoms with Gasteiger partial charge in [-0.1, -0.05) is 60.7 Å². The molecule has 0 aliphatic rings. The van der Waals surface area contributed by atoms with Gasteiger partial charge in [0.25, 0.3) is 0 Å². The van der Waals surface area contributed by atoms with Crippen molar-refractivity contribution in [1.29, 1.82) is 0 Å². The first-order chi connectivity index (χ1) is 10.1. The molecule has 0 bridgehead atoms. The van der Waals surface area contributed by atoms with Crippen molar-refractivity contribution in [2.45, 2.75) is 13.1 Å². The summed E-state index contributed by atoms with van der Waals surface area (Å²) >= 11 is 0. The summed E-state index contributed by atoms with van der Waals surface area (Å²) in [5.41, 5.74) is 2.44. The fourth-order valence-corrected chi connectivity index (χ4v) is 2.59. The molecule has 0 fully saturated rings. The molecule has 3 nitrogen and oxygen atoms in total. The molecule has 22 heavy (non-hydrogen) atoms. The molecule has 0 amide bonds. The zero-order chi connectivity index (χ0) is 15.1. The third-order valence-corrected chi connectivity index (χ3v) is 3.55. The molecule has 0 radical (unpaired) electrons. The van der Waals surface area contributed by atoms with E-state index in [-0.39, 0.29) is 23.0 Å². The van der Waals surface area contributed by atoms with Gasteiger partial charge in [-0.2, -0.15) is 0 Å². The average Bonchev–Trinajstić information content (AvgIpc) is 2.48. The number of benzene rings is 2. The maximum Gasteiger partial charge on any atom is 0.361 e. The van der Waals surface area contributed by atoms with Crippen molar-refractivity contribution in [3.63, 3.8) is 0 Å². The Hall–Kier alpha value is -1.65. The van der Waals surface area contributed by atoms with Gasteiger partial charge in [0, 0.05) is 11.1 Å². The summed E-state index contributed by atoms with van der Waals surface area (Å²) < 4.78 is 5.46. The van der Waals surface area contributed by atoms with Crippen LogP contribution in [0.25, 0.3) is 0 Å². The Morgan fingerprint density at radius 3 is 1.68 bits per heavy atom. The van der Waals surface area contributed by atoms with E-state index in [1.165, 1.54) is 18.2 Å². The van der Waals surface area contributed by atoms with Crippen LogP contribution in [0.3, 0.4) is 0 Å². The predicted octanol–water partition coefficient (Wildman–Crippen LogP) is 0.0104. The van der Waals surface area contributed by atoms with E-state index in [1.807, 2.05) is 36.4 Å². The van der Waals surface area contributed by atoms with Gasteiger partial charge in [0.15, 0.2) is 6.54 Å². The molecule has 0 heterocycles. The van der Waals surface area contributed by atoms with E-state index >= 15 is 0 Å². The van der Waals surface area contributed by atoms with Gasteiger partial charge in [-0.05, 0) is 0 Å². The molecule has 0 spiro atoms. The molecule has 0 saturated carbocycles. The van der Waals surface area contributed by atoms with Gasteiger partial charge in [-0.25, -0.2) is 4.79 Å². The standard InChI is InChI=1S/C18H22NO2.BrH/c1-19(15-18(20)21-2,13-16-9-5-3-6-10-16)14-17-11-7-4-8-12-17;/h3-12H,13-15H2,1-2H3;1H/q+1;/p-1. The summed E-state index contributed by atoms with van der Waals surface area (Å²) in [4.78, 5) is 11.8. The molecule has 0 aliphatic heterocycles. The van der Waals surface area contributed by atoms with Crippen LogP contribution in [-0.2, 0) is 22.6 Å². The molecule has 0 N–H and O–H groups in total. The molecule has 0 saturated heterocycles. The van der Waals surface area contributed by atoms with Crippen LogP contribution in [0.5, 0.6) is 0 Å². The maximum absolute atomic E-state index is 11.8. The predicted molar refractivity (Wildman–Crippen MR) is 83.4 cm³/mol. The lowest BCUT2D eigenvalue weighted by atomic mass is 10.1. The van der Waals surface area contributed by atoms with Gasteiger partial charge in [0.1, 0.15) is 13.1 Å². The zero-order valence-electron chi connectivity index (χ0n) is 13.0. The van der Waals surface area contributed by atoms with Gasteiger partial charge in [-0.3, -0.25) is 0 Å². The van der Waals surface area contributed by atoms with Crippen molar-refractivity contribution in [1.82, 2.24) is 0 Å². The van der Waals surface area contributed by atoms with Gasteiger partial charge in [-0.15, -0.1) is 0 Å². The quantitative estimate of drug-likeness (QED) is 0.533. The molecule has 0 unspecified atom stereocenters. The van der Waals surface area contributed by atoms with Crippen molar-refractivity contribution in [2.75, 3.05) is 20.7 Å². The van der Waals surface area contributed by atoms with E-state index in [0.29, 0.717) is 11.0 Å². The van der Waals surface area contributed by atoms with E-state index < -0.39 is 0 Å². The first-order valence-electron chi connectivity index (χ1n) is 7.09. The number of hydrogen-bond acceptors (Lipinski definition) is 2. The largest absolute Gasteiger partial charge is 1.00 e. The highest BCUT2D eigenvalue weighted by atomic mass is 79.9. The molecule has 2 rings (SSSR count). The minimum Gasteiger partial charge on any atom is -1.00 e. The lowest BCUT2D eigenvalue weighted by Gasteiger charge is -2.33. The van der Waals surface area contributed by atoms with E-state index in [4.69, 9.17) is 4.74 Å². The lowest BCUT2D eigenvalue weighted by Crippen LogP contribution is -3.00. The van der Waals surface area contributed by atoms with Gasteiger partial charge < -0.3 is 26.2 Å². The van der Waals surface area contributed by atoms with Crippen LogP contribution < -0.4 is 17.0 Å². The summed E-state index contributed by atoms with van der Waals surface area (Å²) in [7, 11) is 3.54. The number of carbonyl (C=O) groups is 1. The van der Waals surface area contributed by atoms with Gasteiger partial charge >= 0.3 is 5.97 Å². The molecule has 2 aromatic rings. The monoisotopic (exact) mass is 363 g/mol. The van der Waals surface area contributed by atoms with E-state index in [9.17, 15) is 4.79 Å². The minimum atomic E-state index is -0.177. The second-order valence-electron chi connectivity index (χ2n) is 5.64. The maximum atomic E-state index is 11.8. The number of quaternary nitrogens is 1. The van der Waals surface area contributed by atoms with Crippen molar-refractivity contribution < 1.29 is 31.0 Å². The summed E-state index contributed by atoms with van der Waals surface area (Å²) in [6.07, 6.45) is 0. The Morgan fingerprint density at radius 2 is 1.32 bits per heavy atom. The van der Waals surface area contributed by atoms with Crippen molar-refractivity contribution >= 4 is 5.97 Å². The number of methoxy groups -OCH3 is 1. The molecule has 118 valence electrons. The third kappa shape index (κ3) is 5.62. The van der Waals surface area contributed by atoms with Crippen LogP contribution >= 0.6 is 0 Å². The van der Waals surface area contributed by atoms with E-state index in [2.05, 4.69) is 31.3 Å². The molecule has 4 heteroatoms.